The third kappa shape index (κ3) is 6.40. The maximum absolute atomic E-state index is 12.6. The summed E-state index contributed by atoms with van der Waals surface area (Å²) in [6, 6.07) is 18.7. The Morgan fingerprint density at radius 2 is 1.81 bits per heavy atom. The molecule has 0 saturated carbocycles. The number of ether oxygens (including phenoxy) is 1. The first-order chi connectivity index (χ1) is 12.6. The summed E-state index contributed by atoms with van der Waals surface area (Å²) in [6.45, 7) is 1.71. The number of anilines is 1. The number of rotatable bonds is 9. The topological polar surface area (TPSA) is 56.6 Å². The number of nitriles is 1. The van der Waals surface area contributed by atoms with Gasteiger partial charge in [0.2, 0.25) is 5.91 Å². The van der Waals surface area contributed by atoms with Crippen molar-refractivity contribution in [1.82, 2.24) is 4.90 Å². The van der Waals surface area contributed by atoms with Gasteiger partial charge in [0.25, 0.3) is 0 Å². The quantitative estimate of drug-likeness (QED) is 0.675. The van der Waals surface area contributed by atoms with Gasteiger partial charge in [0.15, 0.2) is 0 Å². The van der Waals surface area contributed by atoms with Crippen molar-refractivity contribution < 1.29 is 9.53 Å². The molecule has 0 aliphatic heterocycles. The predicted octanol–water partition coefficient (Wildman–Crippen LogP) is 3.60. The lowest BCUT2D eigenvalue weighted by molar-refractivity contribution is -0.119. The molecule has 0 unspecified atom stereocenters. The number of hydrogen-bond acceptors (Lipinski definition) is 4. The third-order valence-corrected chi connectivity index (χ3v) is 4.03. The first kappa shape index (κ1) is 19.8. The number of carbonyl (C=O) groups excluding carboxylic acids is 1. The number of halogens is 1. The lowest BCUT2D eigenvalue weighted by atomic mass is 10.2. The Morgan fingerprint density at radius 1 is 1.12 bits per heavy atom. The van der Waals surface area contributed by atoms with Gasteiger partial charge in [-0.3, -0.25) is 9.69 Å². The van der Waals surface area contributed by atoms with Crippen molar-refractivity contribution in [1.29, 1.82) is 5.26 Å². The van der Waals surface area contributed by atoms with Crippen LogP contribution in [0.15, 0.2) is 54.6 Å². The zero-order valence-electron chi connectivity index (χ0n) is 14.8. The van der Waals surface area contributed by atoms with Gasteiger partial charge in [-0.1, -0.05) is 29.8 Å². The summed E-state index contributed by atoms with van der Waals surface area (Å²) in [5.74, 6) is 0.703. The summed E-state index contributed by atoms with van der Waals surface area (Å²) in [7, 11) is 1.87. The Labute approximate surface area is 159 Å². The van der Waals surface area contributed by atoms with Crippen LogP contribution in [0.2, 0.25) is 5.02 Å². The highest BCUT2D eigenvalue weighted by Crippen LogP contribution is 2.16. The van der Waals surface area contributed by atoms with Gasteiger partial charge in [-0.05, 0) is 43.4 Å². The lowest BCUT2D eigenvalue weighted by Gasteiger charge is -2.25. The minimum Gasteiger partial charge on any atom is -0.492 e. The maximum Gasteiger partial charge on any atom is 0.241 e. The molecule has 0 atom stereocenters. The fourth-order valence-electron chi connectivity index (χ4n) is 2.41. The van der Waals surface area contributed by atoms with E-state index in [1.54, 1.807) is 17.0 Å². The van der Waals surface area contributed by atoms with Gasteiger partial charge in [-0.15, -0.1) is 0 Å². The summed E-state index contributed by atoms with van der Waals surface area (Å²) in [4.78, 5) is 16.2. The largest absolute Gasteiger partial charge is 0.492 e. The molecule has 2 aromatic rings. The van der Waals surface area contributed by atoms with Crippen molar-refractivity contribution >= 4 is 23.2 Å². The molecule has 2 rings (SSSR count). The highest BCUT2D eigenvalue weighted by molar-refractivity contribution is 6.30. The Kier molecular flexibility index (Phi) is 7.94. The Balaban J connectivity index is 1.85. The van der Waals surface area contributed by atoms with E-state index in [1.165, 1.54) is 0 Å². The van der Waals surface area contributed by atoms with Crippen molar-refractivity contribution in [2.75, 3.05) is 38.2 Å². The summed E-state index contributed by atoms with van der Waals surface area (Å²) >= 11 is 5.84. The van der Waals surface area contributed by atoms with Crippen molar-refractivity contribution in [3.8, 4) is 11.8 Å². The second kappa shape index (κ2) is 10.4. The predicted molar refractivity (Wildman–Crippen MR) is 103 cm³/mol. The van der Waals surface area contributed by atoms with Gasteiger partial charge in [-0.2, -0.15) is 5.26 Å². The van der Waals surface area contributed by atoms with E-state index in [-0.39, 0.29) is 12.5 Å². The first-order valence-electron chi connectivity index (χ1n) is 8.39. The van der Waals surface area contributed by atoms with Gasteiger partial charge in [0.1, 0.15) is 12.4 Å². The SMILES string of the molecule is CN(CCOc1ccc(Cl)cc1)CC(=O)N(CCC#N)c1ccccc1. The second-order valence-electron chi connectivity index (χ2n) is 5.83. The van der Waals surface area contributed by atoms with E-state index in [9.17, 15) is 4.79 Å². The van der Waals surface area contributed by atoms with Crippen molar-refractivity contribution in [3.05, 3.63) is 59.6 Å². The second-order valence-corrected chi connectivity index (χ2v) is 6.27. The Bertz CT molecular complexity index is 729. The number of carbonyl (C=O) groups is 1. The van der Waals surface area contributed by atoms with Crippen LogP contribution in [-0.4, -0.2) is 44.1 Å². The van der Waals surface area contributed by atoms with E-state index in [0.717, 1.165) is 11.4 Å². The molecule has 0 bridgehead atoms. The van der Waals surface area contributed by atoms with Gasteiger partial charge in [-0.25, -0.2) is 0 Å². The number of nitrogens with zero attached hydrogens (tertiary/aromatic N) is 3. The molecule has 5 nitrogen and oxygen atoms in total. The summed E-state index contributed by atoms with van der Waals surface area (Å²) in [6.07, 6.45) is 0.296. The smallest absolute Gasteiger partial charge is 0.241 e. The molecule has 136 valence electrons. The van der Waals surface area contributed by atoms with Crippen LogP contribution in [0.1, 0.15) is 6.42 Å². The van der Waals surface area contributed by atoms with E-state index in [4.69, 9.17) is 21.6 Å². The minimum absolute atomic E-state index is 0.0413. The van der Waals surface area contributed by atoms with Gasteiger partial charge in [0.05, 0.1) is 19.0 Å². The number of likely N-dealkylation sites (N-methyl/N-ethyl adjacent to an activating group) is 1. The normalized spacial score (nSPS) is 10.4. The van der Waals surface area contributed by atoms with E-state index < -0.39 is 0 Å². The molecule has 6 heteroatoms. The van der Waals surface area contributed by atoms with Crippen molar-refractivity contribution in [3.63, 3.8) is 0 Å². The molecule has 0 spiro atoms. The number of para-hydroxylation sites is 1. The zero-order valence-corrected chi connectivity index (χ0v) is 15.5. The molecule has 0 heterocycles. The molecule has 0 aromatic heterocycles. The van der Waals surface area contributed by atoms with Gasteiger partial charge in [0, 0.05) is 23.8 Å². The first-order valence-corrected chi connectivity index (χ1v) is 8.77. The lowest BCUT2D eigenvalue weighted by Crippen LogP contribution is -2.40. The Hall–Kier alpha value is -2.55. The van der Waals surface area contributed by atoms with Gasteiger partial charge >= 0.3 is 0 Å². The fourth-order valence-corrected chi connectivity index (χ4v) is 2.54. The molecule has 0 saturated heterocycles. The monoisotopic (exact) mass is 371 g/mol. The van der Waals surface area contributed by atoms with Crippen molar-refractivity contribution in [2.45, 2.75) is 6.42 Å². The van der Waals surface area contributed by atoms with Gasteiger partial charge < -0.3 is 9.64 Å². The molecule has 0 aliphatic carbocycles. The molecule has 0 radical (unpaired) electrons. The molecule has 0 fully saturated rings. The fraction of sp³-hybridized carbons (Fsp3) is 0.300. The van der Waals surface area contributed by atoms with E-state index in [1.807, 2.05) is 54.4 Å². The highest BCUT2D eigenvalue weighted by atomic mass is 35.5. The van der Waals surface area contributed by atoms with Crippen LogP contribution in [0, 0.1) is 11.3 Å². The molecule has 26 heavy (non-hydrogen) atoms. The van der Waals surface area contributed by atoms with Crippen LogP contribution in [0.3, 0.4) is 0 Å². The highest BCUT2D eigenvalue weighted by Gasteiger charge is 2.17. The molecular formula is C20H22ClN3O2. The van der Waals surface area contributed by atoms with E-state index >= 15 is 0 Å². The third-order valence-electron chi connectivity index (χ3n) is 3.78. The van der Waals surface area contributed by atoms with Crippen molar-refractivity contribution in [2.24, 2.45) is 0 Å². The molecule has 1 amide bonds. The molecule has 0 aliphatic rings. The van der Waals surface area contributed by atoms with E-state index in [2.05, 4.69) is 6.07 Å². The van der Waals surface area contributed by atoms with Crippen LogP contribution in [0.5, 0.6) is 5.75 Å². The van der Waals surface area contributed by atoms with Crippen LogP contribution in [0.4, 0.5) is 5.69 Å². The number of benzene rings is 2. The molecular weight excluding hydrogens is 350 g/mol. The van der Waals surface area contributed by atoms with E-state index in [0.29, 0.717) is 31.1 Å². The van der Waals surface area contributed by atoms with Crippen LogP contribution >= 0.6 is 11.6 Å². The van der Waals surface area contributed by atoms with Crippen LogP contribution in [-0.2, 0) is 4.79 Å². The Morgan fingerprint density at radius 3 is 2.46 bits per heavy atom. The minimum atomic E-state index is -0.0413. The van der Waals surface area contributed by atoms with Crippen LogP contribution < -0.4 is 9.64 Å². The summed E-state index contributed by atoms with van der Waals surface area (Å²) in [5, 5.41) is 9.51. The average Bonchev–Trinajstić information content (AvgIpc) is 2.64. The standard InChI is InChI=1S/C20H22ClN3O2/c1-23(14-15-26-19-10-8-17(21)9-11-19)16-20(25)24(13-5-12-22)18-6-3-2-4-7-18/h2-4,6-11H,5,13-16H2,1H3. The molecule has 0 N–H and O–H groups in total. The maximum atomic E-state index is 12.6. The average molecular weight is 372 g/mol. The van der Waals surface area contributed by atoms with Crippen LogP contribution in [0.25, 0.3) is 0 Å². The number of amides is 1. The molecule has 2 aromatic carbocycles. The number of hydrogen-bond donors (Lipinski definition) is 0. The summed E-state index contributed by atoms with van der Waals surface area (Å²) < 4.78 is 5.65. The zero-order chi connectivity index (χ0) is 18.8. The summed E-state index contributed by atoms with van der Waals surface area (Å²) in [5.41, 5.74) is 0.804.